The molecule has 0 aliphatic rings. The molecular weight excluding hydrogens is 274 g/mol. The Morgan fingerprint density at radius 3 is 2.65 bits per heavy atom. The molecule has 0 atom stereocenters. The van der Waals surface area contributed by atoms with Gasteiger partial charge in [-0.1, -0.05) is 43.7 Å². The second-order valence-corrected chi connectivity index (χ2v) is 3.91. The molecular formula is C16H20ClNO2. The molecule has 1 rings (SSSR count). The Kier molecular flexibility index (Phi) is 10.1. The van der Waals surface area contributed by atoms with Crippen LogP contribution in [-0.2, 0) is 0 Å². The average Bonchev–Trinajstić information content (AvgIpc) is 2.47. The number of aliphatic hydroxyl groups is 1. The molecule has 0 spiro atoms. The Morgan fingerprint density at radius 1 is 1.45 bits per heavy atom. The van der Waals surface area contributed by atoms with Gasteiger partial charge in [-0.25, -0.2) is 0 Å². The van der Waals surface area contributed by atoms with Crippen molar-refractivity contribution in [2.75, 3.05) is 13.2 Å². The highest BCUT2D eigenvalue weighted by Gasteiger charge is 2.02. The minimum Gasteiger partial charge on any atom is -0.489 e. The van der Waals surface area contributed by atoms with Crippen LogP contribution in [0, 0.1) is 11.3 Å². The maximum atomic E-state index is 8.85. The zero-order valence-electron chi connectivity index (χ0n) is 12.1. The fraction of sp³-hybridized carbons (Fsp3) is 0.312. The Bertz CT molecular complexity index is 502. The highest BCUT2D eigenvalue weighted by Crippen LogP contribution is 2.22. The molecule has 0 radical (unpaired) electrons. The number of nitrogens with zero attached hydrogens (tertiary/aromatic N) is 1. The molecule has 0 aliphatic heterocycles. The molecule has 1 N–H and O–H groups in total. The first kappa shape index (κ1) is 18.2. The van der Waals surface area contributed by atoms with Crippen molar-refractivity contribution in [1.82, 2.24) is 0 Å². The van der Waals surface area contributed by atoms with Crippen LogP contribution in [0.3, 0.4) is 0 Å². The summed E-state index contributed by atoms with van der Waals surface area (Å²) >= 11 is 5.90. The van der Waals surface area contributed by atoms with Gasteiger partial charge < -0.3 is 9.84 Å². The molecule has 0 saturated heterocycles. The monoisotopic (exact) mass is 293 g/mol. The maximum Gasteiger partial charge on any atom is 0.121 e. The predicted molar refractivity (Wildman–Crippen MR) is 83.0 cm³/mol. The first-order valence-corrected chi connectivity index (χ1v) is 6.84. The van der Waals surface area contributed by atoms with Crippen LogP contribution >= 0.6 is 11.6 Å². The fourth-order valence-corrected chi connectivity index (χ4v) is 1.56. The van der Waals surface area contributed by atoms with E-state index in [1.54, 1.807) is 24.3 Å². The van der Waals surface area contributed by atoms with Crippen molar-refractivity contribution < 1.29 is 9.84 Å². The van der Waals surface area contributed by atoms with Crippen LogP contribution in [-0.4, -0.2) is 18.3 Å². The standard InChI is InChI=1S/C14H14ClNO2.C2H6/c1-2-3-11(6-7-17)10-18-13-5-4-12(9-16)14(15)8-13;1-2/h2-6,8,17H,7,10H2,1H3;1-2H3/b3-2-,11-6+;. The molecule has 0 bridgehead atoms. The van der Waals surface area contributed by atoms with E-state index in [9.17, 15) is 0 Å². The van der Waals surface area contributed by atoms with Gasteiger partial charge in [-0.2, -0.15) is 5.26 Å². The molecule has 0 fully saturated rings. The topological polar surface area (TPSA) is 53.2 Å². The number of benzene rings is 1. The van der Waals surface area contributed by atoms with Gasteiger partial charge in [0, 0.05) is 6.07 Å². The molecule has 1 aromatic carbocycles. The Morgan fingerprint density at radius 2 is 2.15 bits per heavy atom. The van der Waals surface area contributed by atoms with E-state index in [2.05, 4.69) is 0 Å². The summed E-state index contributed by atoms with van der Waals surface area (Å²) in [5.41, 5.74) is 1.30. The Hall–Kier alpha value is -1.76. The van der Waals surface area contributed by atoms with Gasteiger partial charge in [0.15, 0.2) is 0 Å². The number of nitriles is 1. The van der Waals surface area contributed by atoms with Gasteiger partial charge in [0.05, 0.1) is 17.2 Å². The number of allylic oxidation sites excluding steroid dienone is 1. The zero-order valence-corrected chi connectivity index (χ0v) is 12.8. The summed E-state index contributed by atoms with van der Waals surface area (Å²) in [6.07, 6.45) is 5.41. The lowest BCUT2D eigenvalue weighted by Crippen LogP contribution is -2.00. The predicted octanol–water partition coefficient (Wildman–Crippen LogP) is 4.11. The van der Waals surface area contributed by atoms with Gasteiger partial charge in [-0.15, -0.1) is 0 Å². The molecule has 1 aromatic rings. The van der Waals surface area contributed by atoms with Crippen molar-refractivity contribution in [3.8, 4) is 11.8 Å². The Labute approximate surface area is 125 Å². The van der Waals surface area contributed by atoms with Crippen molar-refractivity contribution in [2.24, 2.45) is 0 Å². The number of halogens is 1. The lowest BCUT2D eigenvalue weighted by atomic mass is 10.2. The second-order valence-electron chi connectivity index (χ2n) is 3.50. The fourth-order valence-electron chi connectivity index (χ4n) is 1.35. The molecule has 0 aromatic heterocycles. The third-order valence-electron chi connectivity index (χ3n) is 2.20. The molecule has 0 aliphatic carbocycles. The van der Waals surface area contributed by atoms with Crippen molar-refractivity contribution in [3.05, 3.63) is 52.6 Å². The number of aliphatic hydroxyl groups excluding tert-OH is 1. The van der Waals surface area contributed by atoms with Crippen LogP contribution in [0.1, 0.15) is 26.3 Å². The van der Waals surface area contributed by atoms with Crippen molar-refractivity contribution >= 4 is 11.6 Å². The third-order valence-corrected chi connectivity index (χ3v) is 2.51. The molecule has 4 heteroatoms. The van der Waals surface area contributed by atoms with E-state index >= 15 is 0 Å². The van der Waals surface area contributed by atoms with E-state index in [1.807, 2.05) is 39.0 Å². The summed E-state index contributed by atoms with van der Waals surface area (Å²) in [5, 5.41) is 18.0. The summed E-state index contributed by atoms with van der Waals surface area (Å²) in [5.74, 6) is 0.590. The summed E-state index contributed by atoms with van der Waals surface area (Å²) in [7, 11) is 0. The van der Waals surface area contributed by atoms with E-state index < -0.39 is 0 Å². The Balaban J connectivity index is 0.00000172. The largest absolute Gasteiger partial charge is 0.489 e. The first-order valence-electron chi connectivity index (χ1n) is 6.46. The second kappa shape index (κ2) is 11.1. The number of ether oxygens (including phenoxy) is 1. The minimum atomic E-state index is -0.0306. The van der Waals surface area contributed by atoms with E-state index in [4.69, 9.17) is 26.7 Å². The molecule has 0 saturated carbocycles. The van der Waals surface area contributed by atoms with Crippen LogP contribution in [0.25, 0.3) is 0 Å². The molecule has 0 heterocycles. The van der Waals surface area contributed by atoms with E-state index in [0.29, 0.717) is 22.9 Å². The smallest absolute Gasteiger partial charge is 0.121 e. The van der Waals surface area contributed by atoms with Crippen LogP contribution in [0.2, 0.25) is 5.02 Å². The van der Waals surface area contributed by atoms with Gasteiger partial charge >= 0.3 is 0 Å². The lowest BCUT2D eigenvalue weighted by Gasteiger charge is -2.07. The SMILES string of the molecule is C/C=C\C(=C/CO)COc1ccc(C#N)c(Cl)c1.CC. The van der Waals surface area contributed by atoms with Gasteiger partial charge in [-0.3, -0.25) is 0 Å². The van der Waals surface area contributed by atoms with Gasteiger partial charge in [-0.05, 0) is 24.6 Å². The minimum absolute atomic E-state index is 0.0306. The van der Waals surface area contributed by atoms with Crippen LogP contribution in [0.15, 0.2) is 42.0 Å². The number of hydrogen-bond acceptors (Lipinski definition) is 3. The highest BCUT2D eigenvalue weighted by molar-refractivity contribution is 6.31. The molecule has 3 nitrogen and oxygen atoms in total. The summed E-state index contributed by atoms with van der Waals surface area (Å²) in [6, 6.07) is 6.89. The molecule has 20 heavy (non-hydrogen) atoms. The normalized spacial score (nSPS) is 10.7. The highest BCUT2D eigenvalue weighted by atomic mass is 35.5. The summed E-state index contributed by atoms with van der Waals surface area (Å²) < 4.78 is 5.53. The van der Waals surface area contributed by atoms with Gasteiger partial charge in [0.1, 0.15) is 18.4 Å². The zero-order chi connectivity index (χ0) is 15.4. The summed E-state index contributed by atoms with van der Waals surface area (Å²) in [6.45, 7) is 6.20. The first-order chi connectivity index (χ1) is 9.71. The van der Waals surface area contributed by atoms with Crippen molar-refractivity contribution in [3.63, 3.8) is 0 Å². The number of hydrogen-bond donors (Lipinski definition) is 1. The lowest BCUT2D eigenvalue weighted by molar-refractivity contribution is 0.332. The van der Waals surface area contributed by atoms with E-state index in [-0.39, 0.29) is 6.61 Å². The van der Waals surface area contributed by atoms with Crippen molar-refractivity contribution in [2.45, 2.75) is 20.8 Å². The van der Waals surface area contributed by atoms with Crippen molar-refractivity contribution in [1.29, 1.82) is 5.26 Å². The summed E-state index contributed by atoms with van der Waals surface area (Å²) in [4.78, 5) is 0. The maximum absolute atomic E-state index is 8.85. The van der Waals surface area contributed by atoms with Crippen LogP contribution < -0.4 is 4.74 Å². The number of rotatable bonds is 5. The van der Waals surface area contributed by atoms with Crippen LogP contribution in [0.5, 0.6) is 5.75 Å². The van der Waals surface area contributed by atoms with Gasteiger partial charge in [0.25, 0.3) is 0 Å². The van der Waals surface area contributed by atoms with E-state index in [1.165, 1.54) is 0 Å². The average molecular weight is 294 g/mol. The molecule has 108 valence electrons. The van der Waals surface area contributed by atoms with E-state index in [0.717, 1.165) is 5.57 Å². The molecule has 0 amide bonds. The molecule has 0 unspecified atom stereocenters. The van der Waals surface area contributed by atoms with Gasteiger partial charge in [0.2, 0.25) is 0 Å². The van der Waals surface area contributed by atoms with Crippen LogP contribution in [0.4, 0.5) is 0 Å². The third kappa shape index (κ3) is 6.42. The quantitative estimate of drug-likeness (QED) is 0.831.